The van der Waals surface area contributed by atoms with Gasteiger partial charge in [0.05, 0.1) is 18.5 Å². The minimum Gasteiger partial charge on any atom is -0.497 e. The van der Waals surface area contributed by atoms with E-state index < -0.39 is 0 Å². The van der Waals surface area contributed by atoms with Gasteiger partial charge in [0.15, 0.2) is 5.96 Å². The van der Waals surface area contributed by atoms with Gasteiger partial charge in [-0.3, -0.25) is 9.79 Å². The van der Waals surface area contributed by atoms with Gasteiger partial charge >= 0.3 is 0 Å². The molecule has 0 aliphatic carbocycles. The number of rotatable bonds is 11. The molecule has 3 N–H and O–H groups in total. The lowest BCUT2D eigenvalue weighted by atomic mass is 10.3. The lowest BCUT2D eigenvalue weighted by molar-refractivity contribution is 0.0957. The number of methoxy groups -OCH3 is 1. The Morgan fingerprint density at radius 1 is 1.07 bits per heavy atom. The van der Waals surface area contributed by atoms with Gasteiger partial charge in [-0.2, -0.15) is 0 Å². The number of benzene rings is 1. The number of amides is 1. The molecular formula is C20H29IN4O3S. The summed E-state index contributed by atoms with van der Waals surface area (Å²) in [5.74, 6) is 2.31. The molecule has 0 aliphatic rings. The van der Waals surface area contributed by atoms with Crippen LogP contribution in [0.2, 0.25) is 0 Å². The van der Waals surface area contributed by atoms with Crippen molar-refractivity contribution in [1.82, 2.24) is 16.0 Å². The molecule has 29 heavy (non-hydrogen) atoms. The molecule has 0 bridgehead atoms. The van der Waals surface area contributed by atoms with Crippen LogP contribution in [0.15, 0.2) is 46.8 Å². The SMILES string of the molecule is CCNC(=NCCCNC(=O)c1cccs1)NCCOc1ccc(OC)cc1.I. The molecule has 0 saturated carbocycles. The second-order valence-corrected chi connectivity index (χ2v) is 6.75. The molecule has 160 valence electrons. The zero-order valence-corrected chi connectivity index (χ0v) is 19.9. The quantitative estimate of drug-likeness (QED) is 0.179. The Morgan fingerprint density at radius 3 is 2.48 bits per heavy atom. The molecule has 0 aliphatic heterocycles. The number of nitrogens with one attached hydrogen (secondary N) is 3. The minimum atomic E-state index is -0.0281. The molecule has 1 aromatic heterocycles. The Morgan fingerprint density at radius 2 is 1.83 bits per heavy atom. The van der Waals surface area contributed by atoms with Gasteiger partial charge in [-0.15, -0.1) is 35.3 Å². The van der Waals surface area contributed by atoms with Crippen molar-refractivity contribution >= 4 is 47.2 Å². The number of halogens is 1. The fraction of sp³-hybridized carbons (Fsp3) is 0.400. The molecule has 0 saturated heterocycles. The van der Waals surface area contributed by atoms with E-state index in [1.807, 2.05) is 48.7 Å². The molecule has 2 rings (SSSR count). The highest BCUT2D eigenvalue weighted by Gasteiger charge is 2.04. The number of hydrogen-bond acceptors (Lipinski definition) is 5. The normalized spacial score (nSPS) is 10.6. The largest absolute Gasteiger partial charge is 0.497 e. The fourth-order valence-corrected chi connectivity index (χ4v) is 2.96. The van der Waals surface area contributed by atoms with Gasteiger partial charge in [-0.05, 0) is 49.1 Å². The van der Waals surface area contributed by atoms with Crippen molar-refractivity contribution < 1.29 is 14.3 Å². The number of carbonyl (C=O) groups excluding carboxylic acids is 1. The van der Waals surface area contributed by atoms with Gasteiger partial charge in [-0.25, -0.2) is 0 Å². The van der Waals surface area contributed by atoms with Crippen molar-refractivity contribution in [2.75, 3.05) is 39.9 Å². The van der Waals surface area contributed by atoms with E-state index in [2.05, 4.69) is 20.9 Å². The minimum absolute atomic E-state index is 0. The zero-order chi connectivity index (χ0) is 20.0. The highest BCUT2D eigenvalue weighted by Crippen LogP contribution is 2.16. The Hall–Kier alpha value is -2.01. The van der Waals surface area contributed by atoms with E-state index in [1.165, 1.54) is 11.3 Å². The van der Waals surface area contributed by atoms with Crippen LogP contribution in [0.1, 0.15) is 23.0 Å². The zero-order valence-electron chi connectivity index (χ0n) is 16.8. The molecule has 2 aromatic rings. The highest BCUT2D eigenvalue weighted by molar-refractivity contribution is 14.0. The van der Waals surface area contributed by atoms with Gasteiger partial charge in [0.1, 0.15) is 18.1 Å². The van der Waals surface area contributed by atoms with Gasteiger partial charge in [-0.1, -0.05) is 6.07 Å². The molecule has 1 heterocycles. The first-order chi connectivity index (χ1) is 13.7. The third-order valence-corrected chi connectivity index (χ3v) is 4.57. The third kappa shape index (κ3) is 9.84. The smallest absolute Gasteiger partial charge is 0.261 e. The molecule has 0 radical (unpaired) electrons. The van der Waals surface area contributed by atoms with Gasteiger partial charge in [0, 0.05) is 19.6 Å². The third-order valence-electron chi connectivity index (χ3n) is 3.70. The first kappa shape index (κ1) is 25.0. The van der Waals surface area contributed by atoms with E-state index in [0.717, 1.165) is 35.3 Å². The number of aliphatic imine (C=N–C) groups is 1. The number of nitrogens with zero attached hydrogens (tertiary/aromatic N) is 1. The van der Waals surface area contributed by atoms with Crippen LogP contribution in [-0.2, 0) is 0 Å². The van der Waals surface area contributed by atoms with Crippen LogP contribution in [0.25, 0.3) is 0 Å². The number of hydrogen-bond donors (Lipinski definition) is 3. The summed E-state index contributed by atoms with van der Waals surface area (Å²) in [7, 11) is 1.64. The predicted octanol–water partition coefficient (Wildman–Crippen LogP) is 3.13. The molecule has 1 aromatic carbocycles. The van der Waals surface area contributed by atoms with Crippen molar-refractivity contribution in [2.24, 2.45) is 4.99 Å². The standard InChI is InChI=1S/C20H28N4O3S.HI/c1-3-21-20(23-12-5-11-22-19(25)18-6-4-15-28-18)24-13-14-27-17-9-7-16(26-2)8-10-17;/h4,6-10,15H,3,5,11-14H2,1-2H3,(H,22,25)(H2,21,23,24);1H. The topological polar surface area (TPSA) is 84.0 Å². The summed E-state index contributed by atoms with van der Waals surface area (Å²) < 4.78 is 10.8. The van der Waals surface area contributed by atoms with Crippen molar-refractivity contribution in [1.29, 1.82) is 0 Å². The van der Waals surface area contributed by atoms with E-state index in [-0.39, 0.29) is 29.9 Å². The maximum absolute atomic E-state index is 11.9. The van der Waals surface area contributed by atoms with Gasteiger partial charge in [0.2, 0.25) is 0 Å². The molecular weight excluding hydrogens is 503 g/mol. The summed E-state index contributed by atoms with van der Waals surface area (Å²) in [5.41, 5.74) is 0. The molecule has 0 spiro atoms. The van der Waals surface area contributed by atoms with Gasteiger partial charge in [0.25, 0.3) is 5.91 Å². The van der Waals surface area contributed by atoms with E-state index in [9.17, 15) is 4.79 Å². The van der Waals surface area contributed by atoms with Crippen molar-refractivity contribution in [3.63, 3.8) is 0 Å². The summed E-state index contributed by atoms with van der Waals surface area (Å²) >= 11 is 1.44. The van der Waals surface area contributed by atoms with Crippen molar-refractivity contribution in [3.05, 3.63) is 46.7 Å². The second-order valence-electron chi connectivity index (χ2n) is 5.80. The van der Waals surface area contributed by atoms with Crippen molar-refractivity contribution in [3.8, 4) is 11.5 Å². The van der Waals surface area contributed by atoms with Crippen LogP contribution >= 0.6 is 35.3 Å². The maximum Gasteiger partial charge on any atom is 0.261 e. The number of carbonyl (C=O) groups is 1. The van der Waals surface area contributed by atoms with Crippen LogP contribution in [0.3, 0.4) is 0 Å². The lowest BCUT2D eigenvalue weighted by Gasteiger charge is -2.12. The fourth-order valence-electron chi connectivity index (χ4n) is 2.32. The highest BCUT2D eigenvalue weighted by atomic mass is 127. The number of ether oxygens (including phenoxy) is 2. The second kappa shape index (κ2) is 14.9. The first-order valence-electron chi connectivity index (χ1n) is 9.33. The molecule has 0 atom stereocenters. The van der Waals surface area contributed by atoms with E-state index in [1.54, 1.807) is 7.11 Å². The van der Waals surface area contributed by atoms with E-state index >= 15 is 0 Å². The monoisotopic (exact) mass is 532 g/mol. The van der Waals surface area contributed by atoms with Crippen molar-refractivity contribution in [2.45, 2.75) is 13.3 Å². The number of guanidine groups is 1. The van der Waals surface area contributed by atoms with Crippen LogP contribution in [-0.4, -0.2) is 51.8 Å². The average Bonchev–Trinajstić information content (AvgIpc) is 3.26. The Labute approximate surface area is 193 Å². The van der Waals surface area contributed by atoms with Crippen LogP contribution in [0.4, 0.5) is 0 Å². The summed E-state index contributed by atoms with van der Waals surface area (Å²) in [6.07, 6.45) is 0.774. The average molecular weight is 532 g/mol. The van der Waals surface area contributed by atoms with E-state index in [0.29, 0.717) is 26.2 Å². The van der Waals surface area contributed by atoms with Gasteiger partial charge < -0.3 is 25.4 Å². The molecule has 0 unspecified atom stereocenters. The van der Waals surface area contributed by atoms with E-state index in [4.69, 9.17) is 9.47 Å². The first-order valence-corrected chi connectivity index (χ1v) is 10.2. The Balaban J connectivity index is 0.00000420. The van der Waals surface area contributed by atoms with Crippen LogP contribution < -0.4 is 25.4 Å². The Bertz CT molecular complexity index is 724. The lowest BCUT2D eigenvalue weighted by Crippen LogP contribution is -2.39. The molecule has 1 amide bonds. The van der Waals surface area contributed by atoms with Crippen LogP contribution in [0, 0.1) is 0 Å². The predicted molar refractivity (Wildman–Crippen MR) is 129 cm³/mol. The summed E-state index contributed by atoms with van der Waals surface area (Å²) in [4.78, 5) is 17.1. The summed E-state index contributed by atoms with van der Waals surface area (Å²) in [5, 5.41) is 11.2. The molecule has 9 heteroatoms. The summed E-state index contributed by atoms with van der Waals surface area (Å²) in [6, 6.07) is 11.2. The Kier molecular flexibility index (Phi) is 12.9. The van der Waals surface area contributed by atoms with Crippen LogP contribution in [0.5, 0.6) is 11.5 Å². The maximum atomic E-state index is 11.9. The molecule has 0 fully saturated rings. The molecule has 7 nitrogen and oxygen atoms in total. The number of thiophene rings is 1. The summed E-state index contributed by atoms with van der Waals surface area (Å²) in [6.45, 7) is 5.17.